The Morgan fingerprint density at radius 3 is 2.59 bits per heavy atom. The van der Waals surface area contributed by atoms with Crippen LogP contribution in [0.15, 0.2) is 12.4 Å². The molecular formula is C20H33N5O2. The van der Waals surface area contributed by atoms with Gasteiger partial charge in [-0.1, -0.05) is 19.3 Å². The molecule has 1 aliphatic heterocycles. The van der Waals surface area contributed by atoms with E-state index in [1.807, 2.05) is 11.9 Å². The number of nitrogens with zero attached hydrogens (tertiary/aromatic N) is 3. The molecule has 0 aromatic carbocycles. The molecule has 2 amide bonds. The first-order valence-electron chi connectivity index (χ1n) is 10.4. The summed E-state index contributed by atoms with van der Waals surface area (Å²) in [4.78, 5) is 26.8. The number of piperidine rings is 1. The number of hydrogen-bond donors (Lipinski definition) is 2. The van der Waals surface area contributed by atoms with E-state index in [1.54, 1.807) is 17.1 Å². The number of carbonyl (C=O) groups is 2. The van der Waals surface area contributed by atoms with Crippen LogP contribution >= 0.6 is 0 Å². The number of likely N-dealkylation sites (tertiary alicyclic amines) is 1. The Labute approximate surface area is 161 Å². The molecule has 1 aliphatic carbocycles. The topological polar surface area (TPSA) is 79.3 Å². The van der Waals surface area contributed by atoms with Crippen LogP contribution in [0.2, 0.25) is 0 Å². The Bertz CT molecular complexity index is 616. The molecule has 2 aliphatic rings. The fraction of sp³-hybridized carbons (Fsp3) is 0.750. The Morgan fingerprint density at radius 2 is 1.89 bits per heavy atom. The summed E-state index contributed by atoms with van der Waals surface area (Å²) in [6.45, 7) is 2.82. The summed E-state index contributed by atoms with van der Waals surface area (Å²) in [5, 5.41) is 10.5. The molecule has 1 saturated heterocycles. The van der Waals surface area contributed by atoms with E-state index in [1.165, 1.54) is 25.7 Å². The van der Waals surface area contributed by atoms with Crippen molar-refractivity contribution in [2.75, 3.05) is 26.7 Å². The summed E-state index contributed by atoms with van der Waals surface area (Å²) in [7, 11) is 1.98. The van der Waals surface area contributed by atoms with E-state index in [9.17, 15) is 9.59 Å². The highest BCUT2D eigenvalue weighted by atomic mass is 16.2. The number of hydrogen-bond acceptors (Lipinski definition) is 4. The molecule has 27 heavy (non-hydrogen) atoms. The highest BCUT2D eigenvalue weighted by Crippen LogP contribution is 2.21. The molecule has 1 aromatic rings. The zero-order valence-electron chi connectivity index (χ0n) is 16.5. The van der Waals surface area contributed by atoms with Crippen LogP contribution in [0.3, 0.4) is 0 Å². The van der Waals surface area contributed by atoms with Crippen LogP contribution in [0.1, 0.15) is 61.7 Å². The predicted molar refractivity (Wildman–Crippen MR) is 104 cm³/mol. The van der Waals surface area contributed by atoms with Crippen molar-refractivity contribution in [1.29, 1.82) is 0 Å². The second kappa shape index (κ2) is 9.88. The van der Waals surface area contributed by atoms with Crippen LogP contribution in [0.25, 0.3) is 0 Å². The first-order valence-corrected chi connectivity index (χ1v) is 10.4. The number of carbonyl (C=O) groups excluding carboxylic acids is 2. The Morgan fingerprint density at radius 1 is 1.15 bits per heavy atom. The molecule has 7 heteroatoms. The first kappa shape index (κ1) is 19.9. The largest absolute Gasteiger partial charge is 0.352 e. The molecule has 150 valence electrons. The minimum absolute atomic E-state index is 0.0191. The maximum absolute atomic E-state index is 12.7. The third-order valence-electron chi connectivity index (χ3n) is 5.86. The van der Waals surface area contributed by atoms with Crippen LogP contribution in [0.5, 0.6) is 0 Å². The Kier molecular flexibility index (Phi) is 7.26. The lowest BCUT2D eigenvalue weighted by Gasteiger charge is -2.31. The fourth-order valence-corrected chi connectivity index (χ4v) is 4.18. The van der Waals surface area contributed by atoms with Gasteiger partial charge in [-0.05, 0) is 51.6 Å². The van der Waals surface area contributed by atoms with Gasteiger partial charge in [0.05, 0.1) is 11.8 Å². The van der Waals surface area contributed by atoms with Crippen LogP contribution < -0.4 is 10.6 Å². The molecular weight excluding hydrogens is 342 g/mol. The highest BCUT2D eigenvalue weighted by Gasteiger charge is 2.24. The molecule has 1 saturated carbocycles. The number of rotatable bonds is 7. The summed E-state index contributed by atoms with van der Waals surface area (Å²) >= 11 is 0. The van der Waals surface area contributed by atoms with Crippen molar-refractivity contribution in [3.05, 3.63) is 18.0 Å². The number of nitrogens with one attached hydrogen (secondary N) is 2. The van der Waals surface area contributed by atoms with Crippen molar-refractivity contribution in [2.45, 2.75) is 64.0 Å². The van der Waals surface area contributed by atoms with Crippen molar-refractivity contribution in [3.63, 3.8) is 0 Å². The smallest absolute Gasteiger partial charge is 0.257 e. The van der Waals surface area contributed by atoms with Crippen LogP contribution in [0.4, 0.5) is 0 Å². The van der Waals surface area contributed by atoms with Gasteiger partial charge in [-0.25, -0.2) is 0 Å². The van der Waals surface area contributed by atoms with Gasteiger partial charge >= 0.3 is 0 Å². The Hall–Kier alpha value is -1.89. The van der Waals surface area contributed by atoms with E-state index in [2.05, 4.69) is 15.7 Å². The second-order valence-electron chi connectivity index (χ2n) is 7.96. The van der Waals surface area contributed by atoms with Crippen LogP contribution in [-0.4, -0.2) is 59.2 Å². The first-order chi connectivity index (χ1) is 13.2. The van der Waals surface area contributed by atoms with Crippen molar-refractivity contribution in [1.82, 2.24) is 25.3 Å². The number of aromatic nitrogens is 2. The molecule has 2 heterocycles. The Balaban J connectivity index is 1.45. The van der Waals surface area contributed by atoms with Gasteiger partial charge < -0.3 is 15.5 Å². The zero-order valence-corrected chi connectivity index (χ0v) is 16.5. The number of amides is 2. The second-order valence-corrected chi connectivity index (χ2v) is 7.96. The standard InChI is InChI=1S/C20H33N5O2/c1-21-10-7-16-8-11-24(12-9-16)20(27)17-13-22-25(14-17)15-19(26)23-18-5-3-2-4-6-18/h13-14,16,18,21H,2-12,15H2,1H3,(H,23,26). The van der Waals surface area contributed by atoms with Gasteiger partial charge in [-0.3, -0.25) is 14.3 Å². The van der Waals surface area contributed by atoms with Crippen molar-refractivity contribution in [2.24, 2.45) is 5.92 Å². The van der Waals surface area contributed by atoms with Gasteiger partial charge in [0, 0.05) is 25.3 Å². The summed E-state index contributed by atoms with van der Waals surface area (Å²) < 4.78 is 1.57. The normalized spacial score (nSPS) is 19.2. The van der Waals surface area contributed by atoms with E-state index in [-0.39, 0.29) is 18.4 Å². The lowest BCUT2D eigenvalue weighted by Crippen LogP contribution is -2.39. The van der Waals surface area contributed by atoms with E-state index in [0.29, 0.717) is 17.5 Å². The third kappa shape index (κ3) is 5.79. The van der Waals surface area contributed by atoms with E-state index in [4.69, 9.17) is 0 Å². The average Bonchev–Trinajstić information content (AvgIpc) is 3.15. The fourth-order valence-electron chi connectivity index (χ4n) is 4.18. The third-order valence-corrected chi connectivity index (χ3v) is 5.86. The van der Waals surface area contributed by atoms with Crippen LogP contribution in [0, 0.1) is 5.92 Å². The van der Waals surface area contributed by atoms with E-state index in [0.717, 1.165) is 45.3 Å². The SMILES string of the molecule is CNCCC1CCN(C(=O)c2cnn(CC(=O)NC3CCCCC3)c2)CC1. The van der Waals surface area contributed by atoms with E-state index >= 15 is 0 Å². The quantitative estimate of drug-likeness (QED) is 0.762. The van der Waals surface area contributed by atoms with Crippen molar-refractivity contribution in [3.8, 4) is 0 Å². The van der Waals surface area contributed by atoms with Gasteiger partial charge in [0.15, 0.2) is 0 Å². The van der Waals surface area contributed by atoms with Crippen molar-refractivity contribution < 1.29 is 9.59 Å². The lowest BCUT2D eigenvalue weighted by molar-refractivity contribution is -0.122. The van der Waals surface area contributed by atoms with Gasteiger partial charge in [-0.2, -0.15) is 5.10 Å². The minimum atomic E-state index is -0.0191. The van der Waals surface area contributed by atoms with Gasteiger partial charge in [0.1, 0.15) is 6.54 Å². The molecule has 2 N–H and O–H groups in total. The van der Waals surface area contributed by atoms with Gasteiger partial charge in [-0.15, -0.1) is 0 Å². The lowest BCUT2D eigenvalue weighted by atomic mass is 9.93. The summed E-state index contributed by atoms with van der Waals surface area (Å²) in [6, 6.07) is 0.298. The van der Waals surface area contributed by atoms with E-state index < -0.39 is 0 Å². The summed E-state index contributed by atoms with van der Waals surface area (Å²) in [5.74, 6) is 0.711. The summed E-state index contributed by atoms with van der Waals surface area (Å²) in [5.41, 5.74) is 0.578. The minimum Gasteiger partial charge on any atom is -0.352 e. The zero-order chi connectivity index (χ0) is 19.1. The van der Waals surface area contributed by atoms with Crippen LogP contribution in [-0.2, 0) is 11.3 Å². The maximum atomic E-state index is 12.7. The molecule has 0 bridgehead atoms. The molecule has 0 spiro atoms. The molecule has 1 aromatic heterocycles. The molecule has 7 nitrogen and oxygen atoms in total. The predicted octanol–water partition coefficient (Wildman–Crippen LogP) is 1.79. The maximum Gasteiger partial charge on any atom is 0.257 e. The highest BCUT2D eigenvalue weighted by molar-refractivity contribution is 5.93. The molecule has 0 unspecified atom stereocenters. The molecule has 0 radical (unpaired) electrons. The molecule has 2 fully saturated rings. The van der Waals surface area contributed by atoms with Gasteiger partial charge in [0.2, 0.25) is 5.91 Å². The van der Waals surface area contributed by atoms with Gasteiger partial charge in [0.25, 0.3) is 5.91 Å². The molecule has 3 rings (SSSR count). The average molecular weight is 376 g/mol. The summed E-state index contributed by atoms with van der Waals surface area (Å²) in [6.07, 6.45) is 12.4. The monoisotopic (exact) mass is 375 g/mol. The molecule has 0 atom stereocenters. The van der Waals surface area contributed by atoms with Crippen molar-refractivity contribution >= 4 is 11.8 Å².